The predicted molar refractivity (Wildman–Crippen MR) is 78.8 cm³/mol. The molecule has 2 atom stereocenters. The molecule has 1 rings (SSSR count). The molecule has 1 heterocycles. The van der Waals surface area contributed by atoms with Crippen LogP contribution < -0.4 is 5.32 Å². The van der Waals surface area contributed by atoms with Crippen molar-refractivity contribution in [2.75, 3.05) is 7.05 Å². The summed E-state index contributed by atoms with van der Waals surface area (Å²) in [5, 5.41) is 15.8. The van der Waals surface area contributed by atoms with Gasteiger partial charge in [-0.05, 0) is 12.3 Å². The molecule has 0 aromatic carbocycles. The summed E-state index contributed by atoms with van der Waals surface area (Å²) in [6.07, 6.45) is 3.01. The van der Waals surface area contributed by atoms with Crippen molar-refractivity contribution in [1.82, 2.24) is 20.0 Å². The molecule has 2 N–H and O–H groups in total. The molecule has 21 heavy (non-hydrogen) atoms. The first-order chi connectivity index (χ1) is 9.54. The van der Waals surface area contributed by atoms with Crippen molar-refractivity contribution in [1.29, 1.82) is 0 Å². The molecule has 0 saturated heterocycles. The highest BCUT2D eigenvalue weighted by atomic mass is 16.4. The van der Waals surface area contributed by atoms with Crippen LogP contribution in [-0.2, 0) is 11.8 Å². The van der Waals surface area contributed by atoms with Crippen LogP contribution in [0, 0.1) is 5.41 Å². The number of carboxylic acids is 1. The number of aliphatic carboxylic acids is 1. The Morgan fingerprint density at radius 1 is 1.43 bits per heavy atom. The number of hydrogen-bond donors (Lipinski definition) is 2. The van der Waals surface area contributed by atoms with Gasteiger partial charge in [0.05, 0.1) is 6.20 Å². The van der Waals surface area contributed by atoms with E-state index in [1.54, 1.807) is 20.3 Å². The SMILES string of the molecule is CC(N(C)C(=O)NC(C(=O)O)c1cnn(C)c1)C(C)(C)C. The molecule has 0 saturated carbocycles. The van der Waals surface area contributed by atoms with E-state index in [0.717, 1.165) is 0 Å². The number of aryl methyl sites for hydroxylation is 1. The summed E-state index contributed by atoms with van der Waals surface area (Å²) in [5.41, 5.74) is 0.342. The van der Waals surface area contributed by atoms with Gasteiger partial charge in [-0.25, -0.2) is 9.59 Å². The van der Waals surface area contributed by atoms with Crippen LogP contribution in [0.2, 0.25) is 0 Å². The highest BCUT2D eigenvalue weighted by Crippen LogP contribution is 2.23. The lowest BCUT2D eigenvalue weighted by Gasteiger charge is -2.35. The van der Waals surface area contributed by atoms with E-state index in [1.165, 1.54) is 15.8 Å². The molecule has 118 valence electrons. The number of aromatic nitrogens is 2. The zero-order valence-electron chi connectivity index (χ0n) is 13.4. The fourth-order valence-corrected chi connectivity index (χ4v) is 1.86. The number of nitrogens with zero attached hydrogens (tertiary/aromatic N) is 3. The Hall–Kier alpha value is -2.05. The smallest absolute Gasteiger partial charge is 0.331 e. The van der Waals surface area contributed by atoms with Gasteiger partial charge in [-0.15, -0.1) is 0 Å². The largest absolute Gasteiger partial charge is 0.479 e. The van der Waals surface area contributed by atoms with E-state index in [-0.39, 0.29) is 11.5 Å². The summed E-state index contributed by atoms with van der Waals surface area (Å²) in [5.74, 6) is -1.12. The lowest BCUT2D eigenvalue weighted by atomic mass is 9.87. The molecule has 0 spiro atoms. The molecule has 0 fully saturated rings. The predicted octanol–water partition coefficient (Wildman–Crippen LogP) is 1.62. The first kappa shape index (κ1) is 17.0. The Morgan fingerprint density at radius 2 is 2.00 bits per heavy atom. The Labute approximate surface area is 124 Å². The highest BCUT2D eigenvalue weighted by Gasteiger charge is 2.30. The molecule has 2 unspecified atom stereocenters. The molecule has 0 aliphatic carbocycles. The number of carboxylic acid groups (broad SMARTS) is 1. The van der Waals surface area contributed by atoms with E-state index < -0.39 is 18.0 Å². The summed E-state index contributed by atoms with van der Waals surface area (Å²) >= 11 is 0. The maximum absolute atomic E-state index is 12.3. The Kier molecular flexibility index (Phi) is 4.98. The van der Waals surface area contributed by atoms with Gasteiger partial charge in [0.25, 0.3) is 0 Å². The minimum atomic E-state index is -1.12. The molecular formula is C14H24N4O3. The van der Waals surface area contributed by atoms with Gasteiger partial charge in [0.1, 0.15) is 0 Å². The topological polar surface area (TPSA) is 87.5 Å². The third-order valence-corrected chi connectivity index (χ3v) is 3.73. The van der Waals surface area contributed by atoms with Crippen molar-refractivity contribution < 1.29 is 14.7 Å². The molecule has 1 aromatic rings. The highest BCUT2D eigenvalue weighted by molar-refractivity contribution is 5.83. The molecule has 7 heteroatoms. The van der Waals surface area contributed by atoms with Crippen molar-refractivity contribution in [3.63, 3.8) is 0 Å². The van der Waals surface area contributed by atoms with Gasteiger partial charge in [-0.3, -0.25) is 4.68 Å². The first-order valence-corrected chi connectivity index (χ1v) is 6.78. The Bertz CT molecular complexity index is 519. The van der Waals surface area contributed by atoms with Gasteiger partial charge in [-0.2, -0.15) is 5.10 Å². The van der Waals surface area contributed by atoms with Crippen LogP contribution in [-0.4, -0.2) is 44.9 Å². The van der Waals surface area contributed by atoms with Crippen LogP contribution in [0.5, 0.6) is 0 Å². The molecule has 0 radical (unpaired) electrons. The van der Waals surface area contributed by atoms with Crippen LogP contribution >= 0.6 is 0 Å². The number of amides is 2. The lowest BCUT2D eigenvalue weighted by molar-refractivity contribution is -0.139. The van der Waals surface area contributed by atoms with Crippen LogP contribution in [0.15, 0.2) is 12.4 Å². The van der Waals surface area contributed by atoms with Crippen LogP contribution in [0.25, 0.3) is 0 Å². The summed E-state index contributed by atoms with van der Waals surface area (Å²) in [4.78, 5) is 25.1. The molecular weight excluding hydrogens is 272 g/mol. The molecule has 2 amide bonds. The fraction of sp³-hybridized carbons (Fsp3) is 0.643. The van der Waals surface area contributed by atoms with Gasteiger partial charge in [0, 0.05) is 31.9 Å². The zero-order chi connectivity index (χ0) is 16.4. The normalized spacial score (nSPS) is 14.4. The van der Waals surface area contributed by atoms with Gasteiger partial charge >= 0.3 is 12.0 Å². The third kappa shape index (κ3) is 4.21. The van der Waals surface area contributed by atoms with Crippen molar-refractivity contribution in [2.45, 2.75) is 39.8 Å². The average Bonchev–Trinajstić information content (AvgIpc) is 2.78. The number of carbonyl (C=O) groups is 2. The molecule has 0 aliphatic rings. The summed E-state index contributed by atoms with van der Waals surface area (Å²) in [7, 11) is 3.35. The molecule has 0 bridgehead atoms. The second-order valence-electron chi connectivity index (χ2n) is 6.32. The number of carbonyl (C=O) groups excluding carboxylic acids is 1. The monoisotopic (exact) mass is 296 g/mol. The van der Waals surface area contributed by atoms with Crippen LogP contribution in [0.4, 0.5) is 4.79 Å². The quantitative estimate of drug-likeness (QED) is 0.884. The standard InChI is InChI=1S/C14H24N4O3/c1-9(14(2,3)4)18(6)13(21)16-11(12(19)20)10-7-15-17(5)8-10/h7-9,11H,1-6H3,(H,16,21)(H,19,20). The number of rotatable bonds is 4. The molecule has 0 aliphatic heterocycles. The lowest BCUT2D eigenvalue weighted by Crippen LogP contribution is -2.49. The van der Waals surface area contributed by atoms with E-state index in [4.69, 9.17) is 0 Å². The number of nitrogens with one attached hydrogen (secondary N) is 1. The summed E-state index contributed by atoms with van der Waals surface area (Å²) < 4.78 is 1.50. The van der Waals surface area contributed by atoms with E-state index in [9.17, 15) is 14.7 Å². The summed E-state index contributed by atoms with van der Waals surface area (Å²) in [6.45, 7) is 8.01. The average molecular weight is 296 g/mol. The van der Waals surface area contributed by atoms with Crippen molar-refractivity contribution >= 4 is 12.0 Å². The van der Waals surface area contributed by atoms with Crippen molar-refractivity contribution in [3.8, 4) is 0 Å². The minimum Gasteiger partial charge on any atom is -0.479 e. The van der Waals surface area contributed by atoms with Gasteiger partial charge in [0.15, 0.2) is 6.04 Å². The Balaban J connectivity index is 2.85. The fourth-order valence-electron chi connectivity index (χ4n) is 1.86. The Morgan fingerprint density at radius 3 is 2.38 bits per heavy atom. The molecule has 7 nitrogen and oxygen atoms in total. The van der Waals surface area contributed by atoms with E-state index in [2.05, 4.69) is 10.4 Å². The minimum absolute atomic E-state index is 0.0409. The van der Waals surface area contributed by atoms with E-state index >= 15 is 0 Å². The number of hydrogen-bond acceptors (Lipinski definition) is 3. The third-order valence-electron chi connectivity index (χ3n) is 3.73. The second-order valence-corrected chi connectivity index (χ2v) is 6.32. The number of urea groups is 1. The molecule has 1 aromatic heterocycles. The van der Waals surface area contributed by atoms with E-state index in [1.807, 2.05) is 27.7 Å². The maximum atomic E-state index is 12.3. The first-order valence-electron chi connectivity index (χ1n) is 6.78. The maximum Gasteiger partial charge on any atom is 0.331 e. The van der Waals surface area contributed by atoms with Crippen molar-refractivity contribution in [2.24, 2.45) is 12.5 Å². The van der Waals surface area contributed by atoms with Crippen molar-refractivity contribution in [3.05, 3.63) is 18.0 Å². The van der Waals surface area contributed by atoms with Gasteiger partial charge in [-0.1, -0.05) is 20.8 Å². The van der Waals surface area contributed by atoms with Crippen LogP contribution in [0.1, 0.15) is 39.3 Å². The van der Waals surface area contributed by atoms with E-state index in [0.29, 0.717) is 5.56 Å². The summed E-state index contributed by atoms with van der Waals surface area (Å²) in [6, 6.07) is -1.57. The zero-order valence-corrected chi connectivity index (χ0v) is 13.4. The van der Waals surface area contributed by atoms with Crippen LogP contribution in [0.3, 0.4) is 0 Å². The van der Waals surface area contributed by atoms with Gasteiger partial charge < -0.3 is 15.3 Å². The van der Waals surface area contributed by atoms with Gasteiger partial charge in [0.2, 0.25) is 0 Å². The second kappa shape index (κ2) is 6.15.